The van der Waals surface area contributed by atoms with Crippen LogP contribution in [0.4, 0.5) is 0 Å². The van der Waals surface area contributed by atoms with Gasteiger partial charge in [-0.3, -0.25) is 0 Å². The van der Waals surface area contributed by atoms with E-state index in [2.05, 4.69) is 44.7 Å². The number of hydrogen-bond donors (Lipinski definition) is 0. The molecule has 2 nitrogen and oxygen atoms in total. The Morgan fingerprint density at radius 1 is 1.18 bits per heavy atom. The van der Waals surface area contributed by atoms with Gasteiger partial charge in [0.15, 0.2) is 0 Å². The SMILES string of the molecule is C=Cc1ccc(=O)oc1C=CCc1ccc(C(C)CC)cc1. The van der Waals surface area contributed by atoms with E-state index in [1.54, 1.807) is 12.1 Å². The molecule has 1 aromatic carbocycles. The number of allylic oxidation sites excluding steroid dienone is 1. The molecule has 1 unspecified atom stereocenters. The van der Waals surface area contributed by atoms with Crippen LogP contribution in [0.3, 0.4) is 0 Å². The van der Waals surface area contributed by atoms with Gasteiger partial charge in [-0.25, -0.2) is 4.79 Å². The van der Waals surface area contributed by atoms with Gasteiger partial charge in [-0.05, 0) is 42.0 Å². The molecule has 1 atom stereocenters. The Hall–Kier alpha value is -2.35. The summed E-state index contributed by atoms with van der Waals surface area (Å²) in [4.78, 5) is 11.3. The van der Waals surface area contributed by atoms with Gasteiger partial charge in [-0.1, -0.05) is 56.8 Å². The minimum Gasteiger partial charge on any atom is -0.423 e. The molecule has 0 radical (unpaired) electrons. The monoisotopic (exact) mass is 294 g/mol. The van der Waals surface area contributed by atoms with Crippen molar-refractivity contribution in [2.45, 2.75) is 32.6 Å². The Morgan fingerprint density at radius 3 is 2.55 bits per heavy atom. The second kappa shape index (κ2) is 7.60. The third-order valence-electron chi connectivity index (χ3n) is 3.90. The lowest BCUT2D eigenvalue weighted by Crippen LogP contribution is -1.97. The van der Waals surface area contributed by atoms with Crippen molar-refractivity contribution in [1.82, 2.24) is 0 Å². The third kappa shape index (κ3) is 4.08. The van der Waals surface area contributed by atoms with Gasteiger partial charge >= 0.3 is 5.63 Å². The Balaban J connectivity index is 2.08. The zero-order valence-electron chi connectivity index (χ0n) is 13.2. The Kier molecular flexibility index (Phi) is 5.54. The fourth-order valence-corrected chi connectivity index (χ4v) is 2.26. The highest BCUT2D eigenvalue weighted by atomic mass is 16.4. The van der Waals surface area contributed by atoms with Crippen molar-refractivity contribution in [2.24, 2.45) is 0 Å². The Morgan fingerprint density at radius 2 is 1.91 bits per heavy atom. The highest BCUT2D eigenvalue weighted by Gasteiger charge is 2.02. The van der Waals surface area contributed by atoms with Gasteiger partial charge in [0.2, 0.25) is 0 Å². The summed E-state index contributed by atoms with van der Waals surface area (Å²) in [5.41, 5.74) is 3.09. The molecular formula is C20H22O2. The van der Waals surface area contributed by atoms with Crippen molar-refractivity contribution in [2.75, 3.05) is 0 Å². The summed E-state index contributed by atoms with van der Waals surface area (Å²) in [6.07, 6.45) is 7.47. The summed E-state index contributed by atoms with van der Waals surface area (Å²) >= 11 is 0. The fraction of sp³-hybridized carbons (Fsp3) is 0.250. The normalized spacial score (nSPS) is 12.5. The van der Waals surface area contributed by atoms with E-state index in [9.17, 15) is 4.79 Å². The van der Waals surface area contributed by atoms with E-state index in [1.165, 1.54) is 17.2 Å². The number of hydrogen-bond acceptors (Lipinski definition) is 2. The number of benzene rings is 1. The molecule has 0 aliphatic carbocycles. The molecule has 114 valence electrons. The Labute approximate surface area is 131 Å². The summed E-state index contributed by atoms with van der Waals surface area (Å²) in [5.74, 6) is 1.15. The smallest absolute Gasteiger partial charge is 0.336 e. The maximum atomic E-state index is 11.3. The maximum absolute atomic E-state index is 11.3. The highest BCUT2D eigenvalue weighted by Crippen LogP contribution is 2.19. The van der Waals surface area contributed by atoms with Crippen LogP contribution in [-0.4, -0.2) is 0 Å². The average Bonchev–Trinajstić information content (AvgIpc) is 2.55. The second-order valence-electron chi connectivity index (χ2n) is 5.44. The first-order chi connectivity index (χ1) is 10.6. The molecule has 0 amide bonds. The maximum Gasteiger partial charge on any atom is 0.336 e. The highest BCUT2D eigenvalue weighted by molar-refractivity contribution is 5.59. The van der Waals surface area contributed by atoms with Crippen molar-refractivity contribution in [3.05, 3.63) is 81.9 Å². The summed E-state index contributed by atoms with van der Waals surface area (Å²) in [6, 6.07) is 11.8. The summed E-state index contributed by atoms with van der Waals surface area (Å²) in [7, 11) is 0. The molecule has 22 heavy (non-hydrogen) atoms. The quantitative estimate of drug-likeness (QED) is 0.746. The van der Waals surface area contributed by atoms with Crippen molar-refractivity contribution >= 4 is 12.2 Å². The Bertz CT molecular complexity index is 705. The first kappa shape index (κ1) is 16.0. The van der Waals surface area contributed by atoms with E-state index < -0.39 is 0 Å². The minimum atomic E-state index is -0.344. The third-order valence-corrected chi connectivity index (χ3v) is 3.90. The van der Waals surface area contributed by atoms with Gasteiger partial charge in [0.05, 0.1) is 0 Å². The average molecular weight is 294 g/mol. The zero-order valence-corrected chi connectivity index (χ0v) is 13.2. The molecule has 0 fully saturated rings. The summed E-state index contributed by atoms with van der Waals surface area (Å²) < 4.78 is 5.19. The standard InChI is InChI=1S/C20H22O2/c1-4-15(3)18-11-9-16(10-12-18)7-6-8-19-17(5-2)13-14-20(21)22-19/h5-6,8-15H,2,4,7H2,1,3H3. The van der Waals surface area contributed by atoms with Crippen LogP contribution >= 0.6 is 0 Å². The summed E-state index contributed by atoms with van der Waals surface area (Å²) in [6.45, 7) is 8.17. The van der Waals surface area contributed by atoms with Crippen molar-refractivity contribution in [1.29, 1.82) is 0 Å². The van der Waals surface area contributed by atoms with E-state index in [0.29, 0.717) is 11.7 Å². The first-order valence-electron chi connectivity index (χ1n) is 7.66. The first-order valence-corrected chi connectivity index (χ1v) is 7.66. The molecule has 0 aliphatic heterocycles. The second-order valence-corrected chi connectivity index (χ2v) is 5.44. The molecule has 1 aromatic heterocycles. The molecule has 0 spiro atoms. The van der Waals surface area contributed by atoms with Crippen LogP contribution in [0.15, 0.2) is 58.3 Å². The molecular weight excluding hydrogens is 272 g/mol. The van der Waals surface area contributed by atoms with Gasteiger partial charge in [0.25, 0.3) is 0 Å². The predicted octanol–water partition coefficient (Wildman–Crippen LogP) is 5.05. The van der Waals surface area contributed by atoms with E-state index >= 15 is 0 Å². The van der Waals surface area contributed by atoms with Crippen LogP contribution in [0.1, 0.15) is 48.6 Å². The zero-order chi connectivity index (χ0) is 15.9. The molecule has 1 heterocycles. The summed E-state index contributed by atoms with van der Waals surface area (Å²) in [5, 5.41) is 0. The lowest BCUT2D eigenvalue weighted by Gasteiger charge is -2.09. The van der Waals surface area contributed by atoms with E-state index in [4.69, 9.17) is 4.42 Å². The van der Waals surface area contributed by atoms with E-state index in [0.717, 1.165) is 18.4 Å². The molecule has 2 aromatic rings. The van der Waals surface area contributed by atoms with E-state index in [-0.39, 0.29) is 5.63 Å². The largest absolute Gasteiger partial charge is 0.423 e. The van der Waals surface area contributed by atoms with Crippen LogP contribution in [0.5, 0.6) is 0 Å². The number of rotatable bonds is 6. The van der Waals surface area contributed by atoms with Crippen LogP contribution in [0.25, 0.3) is 12.2 Å². The van der Waals surface area contributed by atoms with Crippen molar-refractivity contribution in [3.63, 3.8) is 0 Å². The molecule has 0 aliphatic rings. The molecule has 0 N–H and O–H groups in total. The van der Waals surface area contributed by atoms with Gasteiger partial charge < -0.3 is 4.42 Å². The topological polar surface area (TPSA) is 30.2 Å². The van der Waals surface area contributed by atoms with Crippen LogP contribution in [0, 0.1) is 0 Å². The van der Waals surface area contributed by atoms with Gasteiger partial charge in [-0.2, -0.15) is 0 Å². The molecule has 0 bridgehead atoms. The lowest BCUT2D eigenvalue weighted by atomic mass is 9.97. The van der Waals surface area contributed by atoms with Gasteiger partial charge in [0, 0.05) is 11.6 Å². The molecule has 0 saturated heterocycles. The van der Waals surface area contributed by atoms with Crippen molar-refractivity contribution in [3.8, 4) is 0 Å². The van der Waals surface area contributed by atoms with Crippen molar-refractivity contribution < 1.29 is 4.42 Å². The minimum absolute atomic E-state index is 0.344. The molecule has 2 heteroatoms. The van der Waals surface area contributed by atoms with Crippen LogP contribution < -0.4 is 5.63 Å². The van der Waals surface area contributed by atoms with Crippen LogP contribution in [-0.2, 0) is 6.42 Å². The lowest BCUT2D eigenvalue weighted by molar-refractivity contribution is 0.500. The molecule has 2 rings (SSSR count). The van der Waals surface area contributed by atoms with Gasteiger partial charge in [0.1, 0.15) is 5.76 Å². The fourth-order valence-electron chi connectivity index (χ4n) is 2.26. The van der Waals surface area contributed by atoms with Gasteiger partial charge in [-0.15, -0.1) is 0 Å². The van der Waals surface area contributed by atoms with Crippen LogP contribution in [0.2, 0.25) is 0 Å². The van der Waals surface area contributed by atoms with E-state index in [1.807, 2.05) is 12.2 Å². The predicted molar refractivity (Wildman–Crippen MR) is 93.0 cm³/mol. The molecule has 0 saturated carbocycles.